The van der Waals surface area contributed by atoms with Gasteiger partial charge in [-0.1, -0.05) is 6.92 Å². The minimum Gasteiger partial charge on any atom is -0.497 e. The molecular weight excluding hydrogens is 262 g/mol. The SMILES string of the molecule is COc1ccc(N2C[C@H](C)[C@@H]2C2SCCS2)cc1. The van der Waals surface area contributed by atoms with E-state index in [1.807, 2.05) is 0 Å². The van der Waals surface area contributed by atoms with Gasteiger partial charge in [0.25, 0.3) is 0 Å². The topological polar surface area (TPSA) is 12.5 Å². The molecule has 2 nitrogen and oxygen atoms in total. The molecule has 0 saturated carbocycles. The van der Waals surface area contributed by atoms with Crippen LogP contribution in [0.5, 0.6) is 5.75 Å². The van der Waals surface area contributed by atoms with Crippen LogP contribution in [0, 0.1) is 5.92 Å². The number of rotatable bonds is 3. The molecule has 0 amide bonds. The Morgan fingerprint density at radius 3 is 2.39 bits per heavy atom. The zero-order valence-corrected chi connectivity index (χ0v) is 12.5. The van der Waals surface area contributed by atoms with Crippen LogP contribution in [0.15, 0.2) is 24.3 Å². The normalized spacial score (nSPS) is 28.2. The van der Waals surface area contributed by atoms with E-state index in [1.54, 1.807) is 7.11 Å². The molecule has 18 heavy (non-hydrogen) atoms. The van der Waals surface area contributed by atoms with Gasteiger partial charge in [-0.15, -0.1) is 23.5 Å². The van der Waals surface area contributed by atoms with E-state index in [1.165, 1.54) is 23.7 Å². The van der Waals surface area contributed by atoms with Crippen molar-refractivity contribution in [3.63, 3.8) is 0 Å². The minimum atomic E-state index is 0.705. The van der Waals surface area contributed by atoms with Crippen molar-refractivity contribution in [2.75, 3.05) is 30.1 Å². The maximum atomic E-state index is 5.22. The third-order valence-corrected chi connectivity index (χ3v) is 6.93. The first kappa shape index (κ1) is 12.5. The standard InChI is InChI=1S/C14H19NOS2/c1-10-9-15(13(10)14-17-7-8-18-14)11-3-5-12(16-2)6-4-11/h3-6,10,13-14H,7-9H2,1-2H3/t10-,13+/m0/s1. The predicted octanol–water partition coefficient (Wildman–Crippen LogP) is 3.33. The first-order valence-corrected chi connectivity index (χ1v) is 8.53. The van der Waals surface area contributed by atoms with E-state index in [0.29, 0.717) is 6.04 Å². The van der Waals surface area contributed by atoms with Gasteiger partial charge in [-0.25, -0.2) is 0 Å². The lowest BCUT2D eigenvalue weighted by Crippen LogP contribution is -2.59. The summed E-state index contributed by atoms with van der Waals surface area (Å²) < 4.78 is 5.98. The number of hydrogen-bond donors (Lipinski definition) is 0. The molecule has 1 aromatic rings. The molecule has 2 heterocycles. The Hall–Kier alpha value is -0.480. The highest BCUT2D eigenvalue weighted by Gasteiger charge is 2.42. The summed E-state index contributed by atoms with van der Waals surface area (Å²) in [4.78, 5) is 2.56. The van der Waals surface area contributed by atoms with Gasteiger partial charge in [0, 0.05) is 23.7 Å². The van der Waals surface area contributed by atoms with E-state index in [9.17, 15) is 0 Å². The molecule has 0 spiro atoms. The molecule has 2 saturated heterocycles. The predicted molar refractivity (Wildman–Crippen MR) is 82.0 cm³/mol. The van der Waals surface area contributed by atoms with Crippen LogP contribution in [-0.4, -0.2) is 35.8 Å². The number of hydrogen-bond acceptors (Lipinski definition) is 4. The Morgan fingerprint density at radius 2 is 1.83 bits per heavy atom. The number of ether oxygens (including phenoxy) is 1. The molecule has 0 aromatic heterocycles. The number of anilines is 1. The fourth-order valence-corrected chi connectivity index (χ4v) is 6.17. The van der Waals surface area contributed by atoms with E-state index in [2.05, 4.69) is 59.6 Å². The lowest BCUT2D eigenvalue weighted by molar-refractivity contribution is 0.336. The van der Waals surface area contributed by atoms with E-state index in [0.717, 1.165) is 16.2 Å². The molecule has 0 radical (unpaired) electrons. The molecule has 2 atom stereocenters. The smallest absolute Gasteiger partial charge is 0.119 e. The Kier molecular flexibility index (Phi) is 3.66. The summed E-state index contributed by atoms with van der Waals surface area (Å²) in [5, 5.41) is 0. The zero-order chi connectivity index (χ0) is 12.5. The lowest BCUT2D eigenvalue weighted by Gasteiger charge is -2.50. The molecule has 4 heteroatoms. The molecule has 2 fully saturated rings. The van der Waals surface area contributed by atoms with Crippen LogP contribution >= 0.6 is 23.5 Å². The third-order valence-electron chi connectivity index (χ3n) is 3.76. The molecule has 98 valence electrons. The molecule has 2 aliphatic heterocycles. The minimum absolute atomic E-state index is 0.705. The molecule has 2 aliphatic rings. The van der Waals surface area contributed by atoms with Gasteiger partial charge in [0.15, 0.2) is 0 Å². The summed E-state index contributed by atoms with van der Waals surface area (Å²) >= 11 is 4.27. The Balaban J connectivity index is 1.74. The average Bonchev–Trinajstić information content (AvgIpc) is 2.89. The molecule has 0 aliphatic carbocycles. The Bertz CT molecular complexity index is 403. The maximum absolute atomic E-state index is 5.22. The van der Waals surface area contributed by atoms with Gasteiger partial charge in [0.05, 0.1) is 17.7 Å². The fourth-order valence-electron chi connectivity index (χ4n) is 2.75. The highest BCUT2D eigenvalue weighted by atomic mass is 32.2. The number of nitrogens with zero attached hydrogens (tertiary/aromatic N) is 1. The lowest BCUT2D eigenvalue weighted by atomic mass is 9.91. The largest absolute Gasteiger partial charge is 0.497 e. The van der Waals surface area contributed by atoms with Gasteiger partial charge in [-0.2, -0.15) is 0 Å². The Labute approximate surface area is 117 Å². The molecule has 1 aromatic carbocycles. The summed E-state index contributed by atoms with van der Waals surface area (Å²) in [6.07, 6.45) is 0. The van der Waals surface area contributed by atoms with E-state index < -0.39 is 0 Å². The zero-order valence-electron chi connectivity index (χ0n) is 10.8. The molecule has 3 rings (SSSR count). The average molecular weight is 281 g/mol. The Morgan fingerprint density at radius 1 is 1.17 bits per heavy atom. The van der Waals surface area contributed by atoms with Gasteiger partial charge in [0.1, 0.15) is 5.75 Å². The van der Waals surface area contributed by atoms with Crippen LogP contribution in [0.1, 0.15) is 6.92 Å². The van der Waals surface area contributed by atoms with Crippen molar-refractivity contribution in [2.24, 2.45) is 5.92 Å². The van der Waals surface area contributed by atoms with Gasteiger partial charge < -0.3 is 9.64 Å². The first-order valence-electron chi connectivity index (χ1n) is 6.43. The van der Waals surface area contributed by atoms with E-state index in [4.69, 9.17) is 4.74 Å². The summed E-state index contributed by atoms with van der Waals surface area (Å²) in [7, 11) is 1.72. The third kappa shape index (κ3) is 2.21. The second-order valence-electron chi connectivity index (χ2n) is 4.93. The quantitative estimate of drug-likeness (QED) is 0.842. The van der Waals surface area contributed by atoms with Gasteiger partial charge >= 0.3 is 0 Å². The highest BCUT2D eigenvalue weighted by Crippen LogP contribution is 2.44. The summed E-state index contributed by atoms with van der Waals surface area (Å²) in [6.45, 7) is 3.57. The molecule has 0 N–H and O–H groups in total. The maximum Gasteiger partial charge on any atom is 0.119 e. The van der Waals surface area contributed by atoms with Crippen molar-refractivity contribution in [3.05, 3.63) is 24.3 Å². The van der Waals surface area contributed by atoms with Crippen molar-refractivity contribution >= 4 is 29.2 Å². The summed E-state index contributed by atoms with van der Waals surface area (Å²) in [6, 6.07) is 9.19. The van der Waals surface area contributed by atoms with Crippen molar-refractivity contribution in [3.8, 4) is 5.75 Å². The molecule has 0 bridgehead atoms. The molecular formula is C14H19NOS2. The molecule has 0 unspecified atom stereocenters. The second-order valence-corrected chi connectivity index (χ2v) is 7.73. The second kappa shape index (κ2) is 5.25. The van der Waals surface area contributed by atoms with Gasteiger partial charge in [-0.3, -0.25) is 0 Å². The van der Waals surface area contributed by atoms with Crippen LogP contribution in [-0.2, 0) is 0 Å². The van der Waals surface area contributed by atoms with Crippen molar-refractivity contribution in [2.45, 2.75) is 17.5 Å². The highest BCUT2D eigenvalue weighted by molar-refractivity contribution is 8.20. The summed E-state index contributed by atoms with van der Waals surface area (Å²) in [5.41, 5.74) is 1.34. The van der Waals surface area contributed by atoms with Crippen LogP contribution in [0.3, 0.4) is 0 Å². The van der Waals surface area contributed by atoms with Crippen LogP contribution < -0.4 is 9.64 Å². The van der Waals surface area contributed by atoms with Gasteiger partial charge in [0.2, 0.25) is 0 Å². The van der Waals surface area contributed by atoms with Crippen LogP contribution in [0.25, 0.3) is 0 Å². The first-order chi connectivity index (χ1) is 8.79. The number of methoxy groups -OCH3 is 1. The number of benzene rings is 1. The van der Waals surface area contributed by atoms with Crippen LogP contribution in [0.4, 0.5) is 5.69 Å². The fraction of sp³-hybridized carbons (Fsp3) is 0.571. The van der Waals surface area contributed by atoms with E-state index in [-0.39, 0.29) is 0 Å². The van der Waals surface area contributed by atoms with E-state index >= 15 is 0 Å². The van der Waals surface area contributed by atoms with Crippen molar-refractivity contribution < 1.29 is 4.74 Å². The van der Waals surface area contributed by atoms with Crippen LogP contribution in [0.2, 0.25) is 0 Å². The van der Waals surface area contributed by atoms with Gasteiger partial charge in [-0.05, 0) is 30.2 Å². The van der Waals surface area contributed by atoms with Crippen molar-refractivity contribution in [1.29, 1.82) is 0 Å². The number of thioether (sulfide) groups is 2. The monoisotopic (exact) mass is 281 g/mol. The summed E-state index contributed by atoms with van der Waals surface area (Å²) in [5.74, 6) is 4.38. The van der Waals surface area contributed by atoms with Crippen molar-refractivity contribution in [1.82, 2.24) is 0 Å².